The number of ether oxygens (including phenoxy) is 3. The van der Waals surface area contributed by atoms with Crippen molar-refractivity contribution in [1.29, 1.82) is 0 Å². The molecule has 0 saturated carbocycles. The molecule has 1 atom stereocenters. The highest BCUT2D eigenvalue weighted by atomic mass is 79.9. The van der Waals surface area contributed by atoms with Gasteiger partial charge in [-0.25, -0.2) is 4.39 Å². The van der Waals surface area contributed by atoms with E-state index in [1.165, 1.54) is 17.8 Å². The predicted octanol–water partition coefficient (Wildman–Crippen LogP) is 6.96. The number of thioether (sulfide) groups is 1. The van der Waals surface area contributed by atoms with Gasteiger partial charge in [0, 0.05) is 16.2 Å². The Kier molecular flexibility index (Phi) is 9.99. The molecule has 0 unspecified atom stereocenters. The summed E-state index contributed by atoms with van der Waals surface area (Å²) >= 11 is 4.76. The van der Waals surface area contributed by atoms with Crippen LogP contribution in [0.15, 0.2) is 70.3 Å². The normalized spacial score (nSPS) is 11.7. The number of hydrogen-bond donors (Lipinski definition) is 0. The van der Waals surface area contributed by atoms with Crippen LogP contribution in [-0.4, -0.2) is 39.4 Å². The zero-order valence-corrected chi connectivity index (χ0v) is 24.6. The third-order valence-corrected chi connectivity index (χ3v) is 7.57. The van der Waals surface area contributed by atoms with Crippen LogP contribution in [0.2, 0.25) is 0 Å². The number of benzene rings is 3. The molecule has 0 saturated heterocycles. The fourth-order valence-corrected chi connectivity index (χ4v) is 5.72. The first-order valence-electron chi connectivity index (χ1n) is 12.6. The van der Waals surface area contributed by atoms with Crippen molar-refractivity contribution in [2.24, 2.45) is 0 Å². The number of nitrogens with zero attached hydrogens (tertiary/aromatic N) is 4. The van der Waals surface area contributed by atoms with E-state index >= 15 is 0 Å². The van der Waals surface area contributed by atoms with Crippen molar-refractivity contribution in [1.82, 2.24) is 14.8 Å². The Morgan fingerprint density at radius 2 is 1.77 bits per heavy atom. The molecular formula is C28H28BrFN4O5S. The van der Waals surface area contributed by atoms with Gasteiger partial charge in [0.1, 0.15) is 29.2 Å². The van der Waals surface area contributed by atoms with Crippen LogP contribution in [0.4, 0.5) is 4.39 Å². The van der Waals surface area contributed by atoms with Gasteiger partial charge >= 0.3 is 0 Å². The quantitative estimate of drug-likeness (QED) is 0.0887. The first kappa shape index (κ1) is 29.3. The second-order valence-corrected chi connectivity index (χ2v) is 10.6. The number of rotatable bonds is 13. The highest BCUT2D eigenvalue weighted by Crippen LogP contribution is 2.43. The number of nitro groups is 1. The van der Waals surface area contributed by atoms with Crippen LogP contribution in [0, 0.1) is 22.9 Å². The maximum Gasteiger partial charge on any atom is 0.220 e. The average molecular weight is 632 g/mol. The summed E-state index contributed by atoms with van der Waals surface area (Å²) in [6.45, 7) is 6.08. The molecule has 12 heteroatoms. The van der Waals surface area contributed by atoms with Gasteiger partial charge in [0.2, 0.25) is 6.54 Å². The molecule has 210 valence electrons. The summed E-state index contributed by atoms with van der Waals surface area (Å²) in [4.78, 5) is 11.4. The van der Waals surface area contributed by atoms with Crippen LogP contribution >= 0.6 is 27.7 Å². The van der Waals surface area contributed by atoms with E-state index in [9.17, 15) is 14.5 Å². The van der Waals surface area contributed by atoms with Gasteiger partial charge in [-0.1, -0.05) is 30.0 Å². The summed E-state index contributed by atoms with van der Waals surface area (Å²) in [5.74, 6) is 1.78. The molecule has 3 aromatic carbocycles. The molecule has 0 aliphatic heterocycles. The standard InChI is InChI=1S/C28H28BrFN4O5S/c1-4-37-22-12-10-21(11-13-22)34-18(3)31-32-28(34)40-26(16-33(35)36)20-14-23(29)27(25(15-20)38-5-2)39-17-19-8-6-7-9-24(19)30/h6-15,26H,4-5,16-17H2,1-3H3/t26-/m1/s1. The Bertz CT molecular complexity index is 1470. The van der Waals surface area contributed by atoms with E-state index in [0.717, 1.165) is 11.4 Å². The van der Waals surface area contributed by atoms with Crippen LogP contribution < -0.4 is 14.2 Å². The molecule has 0 spiro atoms. The molecule has 1 heterocycles. The molecule has 0 fully saturated rings. The Morgan fingerprint density at radius 3 is 2.45 bits per heavy atom. The van der Waals surface area contributed by atoms with Crippen LogP contribution in [0.3, 0.4) is 0 Å². The Hall–Kier alpha value is -3.64. The molecule has 0 aliphatic rings. The second kappa shape index (κ2) is 13.6. The SMILES string of the molecule is CCOc1ccc(-n2c(C)nnc2S[C@H](C[N+](=O)[O-])c2cc(Br)c(OCc3ccccc3F)c(OCC)c2)cc1. The lowest BCUT2D eigenvalue weighted by Gasteiger charge is -2.19. The average Bonchev–Trinajstić information content (AvgIpc) is 3.28. The van der Waals surface area contributed by atoms with E-state index in [-0.39, 0.29) is 23.9 Å². The number of aryl methyl sites for hydroxylation is 1. The van der Waals surface area contributed by atoms with Crippen LogP contribution in [0.5, 0.6) is 17.2 Å². The van der Waals surface area contributed by atoms with Crippen molar-refractivity contribution in [3.8, 4) is 22.9 Å². The smallest absolute Gasteiger partial charge is 0.220 e. The van der Waals surface area contributed by atoms with Crippen molar-refractivity contribution >= 4 is 27.7 Å². The van der Waals surface area contributed by atoms with Gasteiger partial charge in [-0.3, -0.25) is 14.7 Å². The van der Waals surface area contributed by atoms with Gasteiger partial charge in [0.25, 0.3) is 0 Å². The molecule has 1 aromatic heterocycles. The van der Waals surface area contributed by atoms with Gasteiger partial charge in [-0.05, 0) is 84.7 Å². The Labute approximate surface area is 243 Å². The third kappa shape index (κ3) is 7.11. The Morgan fingerprint density at radius 1 is 1.05 bits per heavy atom. The monoisotopic (exact) mass is 630 g/mol. The number of hydrogen-bond acceptors (Lipinski definition) is 8. The van der Waals surface area contributed by atoms with E-state index < -0.39 is 5.25 Å². The molecule has 0 N–H and O–H groups in total. The summed E-state index contributed by atoms with van der Waals surface area (Å²) in [6, 6.07) is 17.3. The topological polar surface area (TPSA) is 102 Å². The summed E-state index contributed by atoms with van der Waals surface area (Å²) < 4.78 is 33.8. The molecule has 4 rings (SSSR count). The van der Waals surface area contributed by atoms with Crippen molar-refractivity contribution in [2.45, 2.75) is 37.8 Å². The fourth-order valence-electron chi connectivity index (χ4n) is 3.99. The lowest BCUT2D eigenvalue weighted by molar-refractivity contribution is -0.479. The van der Waals surface area contributed by atoms with E-state index in [4.69, 9.17) is 14.2 Å². The molecule has 0 aliphatic carbocycles. The summed E-state index contributed by atoms with van der Waals surface area (Å²) in [7, 11) is 0. The van der Waals surface area contributed by atoms with E-state index in [1.807, 2.05) is 49.6 Å². The largest absolute Gasteiger partial charge is 0.494 e. The van der Waals surface area contributed by atoms with Crippen LogP contribution in [-0.2, 0) is 6.61 Å². The van der Waals surface area contributed by atoms with Gasteiger partial charge in [-0.15, -0.1) is 10.2 Å². The molecule has 40 heavy (non-hydrogen) atoms. The zero-order chi connectivity index (χ0) is 28.6. The van der Waals surface area contributed by atoms with Crippen molar-refractivity contribution in [2.75, 3.05) is 19.8 Å². The van der Waals surface area contributed by atoms with E-state index in [2.05, 4.69) is 26.1 Å². The number of aromatic nitrogens is 3. The maximum atomic E-state index is 14.1. The van der Waals surface area contributed by atoms with Crippen LogP contribution in [0.25, 0.3) is 5.69 Å². The second-order valence-electron chi connectivity index (χ2n) is 8.56. The summed E-state index contributed by atoms with van der Waals surface area (Å²) in [5.41, 5.74) is 1.84. The first-order valence-corrected chi connectivity index (χ1v) is 14.2. The highest BCUT2D eigenvalue weighted by molar-refractivity contribution is 9.10. The molecule has 0 bridgehead atoms. The molecule has 0 amide bonds. The van der Waals surface area contributed by atoms with Crippen molar-refractivity contribution in [3.63, 3.8) is 0 Å². The third-order valence-electron chi connectivity index (χ3n) is 5.80. The van der Waals surface area contributed by atoms with Crippen LogP contribution in [0.1, 0.15) is 36.0 Å². The minimum Gasteiger partial charge on any atom is -0.494 e. The molecular weight excluding hydrogens is 603 g/mol. The lowest BCUT2D eigenvalue weighted by Crippen LogP contribution is -2.12. The fraction of sp³-hybridized carbons (Fsp3) is 0.286. The Balaban J connectivity index is 1.66. The van der Waals surface area contributed by atoms with E-state index in [0.29, 0.717) is 51.3 Å². The lowest BCUT2D eigenvalue weighted by atomic mass is 10.1. The van der Waals surface area contributed by atoms with Gasteiger partial charge in [-0.2, -0.15) is 0 Å². The summed E-state index contributed by atoms with van der Waals surface area (Å²) in [5, 5.41) is 20.1. The predicted molar refractivity (Wildman–Crippen MR) is 154 cm³/mol. The molecule has 0 radical (unpaired) electrons. The number of halogens is 2. The van der Waals surface area contributed by atoms with E-state index in [1.54, 1.807) is 30.3 Å². The highest BCUT2D eigenvalue weighted by Gasteiger charge is 2.26. The minimum absolute atomic E-state index is 0.0117. The summed E-state index contributed by atoms with van der Waals surface area (Å²) in [6.07, 6.45) is 0. The van der Waals surface area contributed by atoms with Gasteiger partial charge in [0.15, 0.2) is 16.7 Å². The van der Waals surface area contributed by atoms with Gasteiger partial charge < -0.3 is 14.2 Å². The van der Waals surface area contributed by atoms with Gasteiger partial charge in [0.05, 0.1) is 17.7 Å². The van der Waals surface area contributed by atoms with Crippen molar-refractivity contribution in [3.05, 3.63) is 98.0 Å². The van der Waals surface area contributed by atoms with Crippen molar-refractivity contribution < 1.29 is 23.5 Å². The maximum absolute atomic E-state index is 14.1. The zero-order valence-electron chi connectivity index (χ0n) is 22.2. The molecule has 4 aromatic rings. The minimum atomic E-state index is -0.629. The molecule has 9 nitrogen and oxygen atoms in total. The first-order chi connectivity index (χ1) is 19.3.